The van der Waals surface area contributed by atoms with E-state index in [2.05, 4.69) is 25.7 Å². The van der Waals surface area contributed by atoms with Crippen molar-refractivity contribution in [1.29, 1.82) is 0 Å². The molecule has 0 aliphatic rings. The summed E-state index contributed by atoms with van der Waals surface area (Å²) < 4.78 is 5.64. The van der Waals surface area contributed by atoms with E-state index in [1.165, 1.54) is 5.57 Å². The molecule has 0 aromatic carbocycles. The summed E-state index contributed by atoms with van der Waals surface area (Å²) in [4.78, 5) is 0. The fraction of sp³-hybridized carbons (Fsp3) is 0.538. The van der Waals surface area contributed by atoms with Gasteiger partial charge in [-0.05, 0) is 38.4 Å². The van der Waals surface area contributed by atoms with Gasteiger partial charge in [-0.25, -0.2) is 0 Å². The lowest BCUT2D eigenvalue weighted by atomic mass is 10.0. The molecule has 15 heavy (non-hydrogen) atoms. The maximum atomic E-state index is 5.64. The van der Waals surface area contributed by atoms with Gasteiger partial charge in [0.1, 0.15) is 11.5 Å². The maximum Gasteiger partial charge on any atom is 0.121 e. The molecular formula is C13H21NO. The van der Waals surface area contributed by atoms with Gasteiger partial charge in [0, 0.05) is 0 Å². The lowest BCUT2D eigenvalue weighted by molar-refractivity contribution is 0.401. The van der Waals surface area contributed by atoms with Crippen LogP contribution in [0, 0.1) is 6.92 Å². The predicted octanol–water partition coefficient (Wildman–Crippen LogP) is 3.59. The van der Waals surface area contributed by atoms with Crippen LogP contribution in [0.5, 0.6) is 0 Å². The third-order valence-electron chi connectivity index (χ3n) is 2.55. The van der Waals surface area contributed by atoms with Gasteiger partial charge in [-0.2, -0.15) is 0 Å². The van der Waals surface area contributed by atoms with E-state index in [-0.39, 0.29) is 6.04 Å². The van der Waals surface area contributed by atoms with Crippen molar-refractivity contribution in [2.75, 3.05) is 6.54 Å². The molecule has 0 saturated heterocycles. The zero-order chi connectivity index (χ0) is 11.3. The van der Waals surface area contributed by atoms with E-state index in [1.807, 2.05) is 19.1 Å². The summed E-state index contributed by atoms with van der Waals surface area (Å²) in [6.07, 6.45) is 1.98. The van der Waals surface area contributed by atoms with Crippen LogP contribution < -0.4 is 5.32 Å². The number of rotatable bonds is 6. The van der Waals surface area contributed by atoms with Crippen molar-refractivity contribution in [3.63, 3.8) is 0 Å². The summed E-state index contributed by atoms with van der Waals surface area (Å²) in [6, 6.07) is 4.33. The second-order valence-corrected chi connectivity index (χ2v) is 3.87. The normalized spacial score (nSPS) is 12.7. The molecule has 0 spiro atoms. The summed E-state index contributed by atoms with van der Waals surface area (Å²) >= 11 is 0. The van der Waals surface area contributed by atoms with Crippen molar-refractivity contribution in [3.8, 4) is 0 Å². The highest BCUT2D eigenvalue weighted by atomic mass is 16.3. The van der Waals surface area contributed by atoms with E-state index < -0.39 is 0 Å². The van der Waals surface area contributed by atoms with Gasteiger partial charge in [0.2, 0.25) is 0 Å². The molecule has 0 bridgehead atoms. The highest BCUT2D eigenvalue weighted by Gasteiger charge is 2.14. The van der Waals surface area contributed by atoms with Crippen LogP contribution in [0.3, 0.4) is 0 Å². The summed E-state index contributed by atoms with van der Waals surface area (Å²) in [7, 11) is 0. The monoisotopic (exact) mass is 207 g/mol. The Labute approximate surface area is 92.4 Å². The van der Waals surface area contributed by atoms with Gasteiger partial charge in [0.15, 0.2) is 0 Å². The Bertz CT molecular complexity index is 314. The first-order valence-electron chi connectivity index (χ1n) is 5.63. The number of aryl methyl sites for hydroxylation is 1. The average Bonchev–Trinajstić information content (AvgIpc) is 2.64. The van der Waals surface area contributed by atoms with Crippen molar-refractivity contribution in [2.24, 2.45) is 0 Å². The van der Waals surface area contributed by atoms with Gasteiger partial charge in [0.05, 0.1) is 6.04 Å². The topological polar surface area (TPSA) is 25.2 Å². The van der Waals surface area contributed by atoms with Crippen molar-refractivity contribution in [1.82, 2.24) is 5.32 Å². The van der Waals surface area contributed by atoms with Crippen LogP contribution in [0.15, 0.2) is 28.7 Å². The molecule has 0 saturated carbocycles. The fourth-order valence-corrected chi connectivity index (χ4v) is 1.59. The van der Waals surface area contributed by atoms with E-state index >= 15 is 0 Å². The van der Waals surface area contributed by atoms with Crippen molar-refractivity contribution in [3.05, 3.63) is 35.8 Å². The molecule has 0 fully saturated rings. The van der Waals surface area contributed by atoms with Gasteiger partial charge in [-0.1, -0.05) is 26.0 Å². The Hall–Kier alpha value is -1.02. The lowest BCUT2D eigenvalue weighted by Crippen LogP contribution is -2.20. The zero-order valence-corrected chi connectivity index (χ0v) is 9.97. The molecule has 1 atom stereocenters. The third-order valence-corrected chi connectivity index (χ3v) is 2.55. The third kappa shape index (κ3) is 3.56. The van der Waals surface area contributed by atoms with E-state index in [9.17, 15) is 0 Å². The summed E-state index contributed by atoms with van der Waals surface area (Å²) in [5.74, 6) is 1.99. The molecule has 1 aromatic heterocycles. The smallest absolute Gasteiger partial charge is 0.121 e. The van der Waals surface area contributed by atoms with E-state index in [0.717, 1.165) is 30.9 Å². The highest BCUT2D eigenvalue weighted by molar-refractivity contribution is 5.12. The van der Waals surface area contributed by atoms with Crippen LogP contribution >= 0.6 is 0 Å². The first-order chi connectivity index (χ1) is 7.17. The van der Waals surface area contributed by atoms with Crippen molar-refractivity contribution >= 4 is 0 Å². The molecule has 1 N–H and O–H groups in total. The highest BCUT2D eigenvalue weighted by Crippen LogP contribution is 2.23. The molecule has 1 heterocycles. The predicted molar refractivity (Wildman–Crippen MR) is 63.9 cm³/mol. The van der Waals surface area contributed by atoms with Gasteiger partial charge < -0.3 is 9.73 Å². The Kier molecular flexibility index (Phi) is 4.63. The SMILES string of the molecule is C=C(CC)CC(NCC)c1ccc(C)o1. The van der Waals surface area contributed by atoms with Crippen molar-refractivity contribution < 1.29 is 4.42 Å². The second-order valence-electron chi connectivity index (χ2n) is 3.87. The number of nitrogens with one attached hydrogen (secondary N) is 1. The van der Waals surface area contributed by atoms with Crippen LogP contribution in [0.25, 0.3) is 0 Å². The lowest BCUT2D eigenvalue weighted by Gasteiger charge is -2.16. The first kappa shape index (κ1) is 12.1. The molecular weight excluding hydrogens is 186 g/mol. The molecule has 84 valence electrons. The Morgan fingerprint density at radius 1 is 1.47 bits per heavy atom. The molecule has 0 radical (unpaired) electrons. The number of hydrogen-bond acceptors (Lipinski definition) is 2. The van der Waals surface area contributed by atoms with E-state index in [4.69, 9.17) is 4.42 Å². The molecule has 1 unspecified atom stereocenters. The minimum absolute atomic E-state index is 0.274. The fourth-order valence-electron chi connectivity index (χ4n) is 1.59. The average molecular weight is 207 g/mol. The Morgan fingerprint density at radius 3 is 2.67 bits per heavy atom. The van der Waals surface area contributed by atoms with Gasteiger partial charge >= 0.3 is 0 Å². The minimum Gasteiger partial charge on any atom is -0.465 e. The summed E-state index contributed by atoms with van der Waals surface area (Å²) in [5, 5.41) is 3.42. The van der Waals surface area contributed by atoms with Gasteiger partial charge in [-0.3, -0.25) is 0 Å². The molecule has 0 amide bonds. The summed E-state index contributed by atoms with van der Waals surface area (Å²) in [6.45, 7) is 11.2. The van der Waals surface area contributed by atoms with Crippen molar-refractivity contribution in [2.45, 2.75) is 39.7 Å². The van der Waals surface area contributed by atoms with Crippen LogP contribution in [0.2, 0.25) is 0 Å². The van der Waals surface area contributed by atoms with Crippen LogP contribution in [-0.2, 0) is 0 Å². The Balaban J connectivity index is 2.69. The van der Waals surface area contributed by atoms with Crippen LogP contribution in [0.4, 0.5) is 0 Å². The molecule has 0 aliphatic carbocycles. The van der Waals surface area contributed by atoms with E-state index in [1.54, 1.807) is 0 Å². The Morgan fingerprint density at radius 2 is 2.20 bits per heavy atom. The quantitative estimate of drug-likeness (QED) is 0.721. The first-order valence-corrected chi connectivity index (χ1v) is 5.63. The molecule has 0 aliphatic heterocycles. The molecule has 2 nitrogen and oxygen atoms in total. The molecule has 1 rings (SSSR count). The largest absolute Gasteiger partial charge is 0.465 e. The van der Waals surface area contributed by atoms with Crippen LogP contribution in [0.1, 0.15) is 44.3 Å². The van der Waals surface area contributed by atoms with Gasteiger partial charge in [0.25, 0.3) is 0 Å². The number of hydrogen-bond donors (Lipinski definition) is 1. The zero-order valence-electron chi connectivity index (χ0n) is 9.97. The standard InChI is InChI=1S/C13H21NO/c1-5-10(3)9-12(14-6-2)13-8-7-11(4)15-13/h7-8,12,14H,3,5-6,9H2,1-2,4H3. The summed E-state index contributed by atoms with van der Waals surface area (Å²) in [5.41, 5.74) is 1.26. The van der Waals surface area contributed by atoms with Crippen LogP contribution in [-0.4, -0.2) is 6.54 Å². The maximum absolute atomic E-state index is 5.64. The second kappa shape index (κ2) is 5.76. The molecule has 2 heteroatoms. The number of furan rings is 1. The minimum atomic E-state index is 0.274. The van der Waals surface area contributed by atoms with Gasteiger partial charge in [-0.15, -0.1) is 0 Å². The molecule has 1 aromatic rings. The van der Waals surface area contributed by atoms with E-state index in [0.29, 0.717) is 0 Å².